The molecule has 3 rings (SSSR count). The minimum absolute atomic E-state index is 0.113. The lowest BCUT2D eigenvalue weighted by molar-refractivity contribution is -0.159. The van der Waals surface area contributed by atoms with Crippen molar-refractivity contribution in [1.29, 1.82) is 0 Å². The number of nitrogens with one attached hydrogen (secondary N) is 1. The van der Waals surface area contributed by atoms with Gasteiger partial charge < -0.3 is 15.2 Å². The minimum Gasteiger partial charge on any atom is -0.458 e. The van der Waals surface area contributed by atoms with Crippen molar-refractivity contribution in [2.75, 3.05) is 6.54 Å². The molecule has 1 fully saturated rings. The van der Waals surface area contributed by atoms with Crippen LogP contribution in [0.25, 0.3) is 0 Å². The van der Waals surface area contributed by atoms with Crippen LogP contribution in [0.1, 0.15) is 65.5 Å². The number of hydrogen-bond donors (Lipinski definition) is 2. The van der Waals surface area contributed by atoms with E-state index in [4.69, 9.17) is 4.74 Å². The molecule has 2 aliphatic carbocycles. The lowest BCUT2D eigenvalue weighted by Crippen LogP contribution is -2.56. The van der Waals surface area contributed by atoms with Gasteiger partial charge in [-0.1, -0.05) is 50.3 Å². The summed E-state index contributed by atoms with van der Waals surface area (Å²) in [6, 6.07) is 10.8. The highest BCUT2D eigenvalue weighted by atomic mass is 16.5. The molecule has 2 aliphatic rings. The van der Waals surface area contributed by atoms with Crippen molar-refractivity contribution in [3.8, 4) is 0 Å². The Balaban J connectivity index is 1.72. The monoisotopic (exact) mass is 399 g/mol. The minimum atomic E-state index is -0.804. The molecule has 0 aliphatic heterocycles. The van der Waals surface area contributed by atoms with Crippen LogP contribution in [0, 0.1) is 23.7 Å². The molecular formula is C25H37NO3. The van der Waals surface area contributed by atoms with Crippen molar-refractivity contribution in [2.45, 2.75) is 71.6 Å². The Morgan fingerprint density at radius 1 is 1.28 bits per heavy atom. The molecule has 0 radical (unpaired) electrons. The topological polar surface area (TPSA) is 58.6 Å². The van der Waals surface area contributed by atoms with Gasteiger partial charge in [-0.3, -0.25) is 4.79 Å². The predicted octanol–water partition coefficient (Wildman–Crippen LogP) is 4.65. The summed E-state index contributed by atoms with van der Waals surface area (Å²) >= 11 is 0. The molecule has 1 aromatic rings. The summed E-state index contributed by atoms with van der Waals surface area (Å²) < 4.78 is 5.51. The summed E-state index contributed by atoms with van der Waals surface area (Å²) in [7, 11) is 0. The van der Waals surface area contributed by atoms with Crippen LogP contribution in [0.4, 0.5) is 0 Å². The second-order valence-corrected chi connectivity index (χ2v) is 9.39. The third-order valence-corrected chi connectivity index (χ3v) is 7.37. The largest absolute Gasteiger partial charge is 0.458 e. The van der Waals surface area contributed by atoms with Gasteiger partial charge in [0.2, 0.25) is 0 Å². The van der Waals surface area contributed by atoms with Crippen molar-refractivity contribution in [1.82, 2.24) is 5.32 Å². The maximum atomic E-state index is 11.7. The van der Waals surface area contributed by atoms with Crippen molar-refractivity contribution >= 4 is 5.97 Å². The summed E-state index contributed by atoms with van der Waals surface area (Å²) in [6.45, 7) is 11.0. The van der Waals surface area contributed by atoms with Gasteiger partial charge in [0.25, 0.3) is 0 Å². The van der Waals surface area contributed by atoms with Crippen LogP contribution < -0.4 is 5.32 Å². The first-order chi connectivity index (χ1) is 13.7. The number of rotatable bonds is 6. The molecule has 7 atom stereocenters. The predicted molar refractivity (Wildman–Crippen MR) is 116 cm³/mol. The molecule has 0 saturated heterocycles. The van der Waals surface area contributed by atoms with Crippen LogP contribution in [-0.2, 0) is 9.53 Å². The lowest BCUT2D eigenvalue weighted by atomic mass is 9.57. The molecule has 0 bridgehead atoms. The number of aliphatic hydroxyl groups is 1. The Labute approximate surface area is 175 Å². The maximum absolute atomic E-state index is 11.7. The first kappa shape index (κ1) is 22.0. The summed E-state index contributed by atoms with van der Waals surface area (Å²) in [5.41, 5.74) is 1.57. The molecule has 29 heavy (non-hydrogen) atoms. The Kier molecular flexibility index (Phi) is 6.85. The molecule has 0 heterocycles. The molecule has 0 spiro atoms. The smallest absolute Gasteiger partial charge is 0.303 e. The van der Waals surface area contributed by atoms with Gasteiger partial charge in [-0.05, 0) is 62.1 Å². The molecule has 4 nitrogen and oxygen atoms in total. The number of benzene rings is 1. The van der Waals surface area contributed by atoms with E-state index in [1.807, 2.05) is 13.0 Å². The molecule has 0 aromatic heterocycles. The molecule has 160 valence electrons. The van der Waals surface area contributed by atoms with Crippen molar-refractivity contribution in [2.24, 2.45) is 23.7 Å². The zero-order valence-electron chi connectivity index (χ0n) is 18.5. The Bertz CT molecular complexity index is 731. The van der Waals surface area contributed by atoms with Crippen LogP contribution in [0.15, 0.2) is 42.0 Å². The Morgan fingerprint density at radius 3 is 2.62 bits per heavy atom. The number of carbonyl (C=O) groups excluding carboxylic acids is 1. The van der Waals surface area contributed by atoms with E-state index in [1.165, 1.54) is 12.5 Å². The third kappa shape index (κ3) is 4.75. The fraction of sp³-hybridized carbons (Fsp3) is 0.640. The SMILES string of the molecule is CC(=O)O[C@@H]1C[C@@]2(O)[C@H](C)CC[C@@H]([C@H](C)CN[C@@H](C)c3ccccc3)[C@H]2C=C1C. The van der Waals surface area contributed by atoms with Crippen molar-refractivity contribution in [3.05, 3.63) is 47.5 Å². The zero-order valence-corrected chi connectivity index (χ0v) is 18.5. The summed E-state index contributed by atoms with van der Waals surface area (Å²) in [6.07, 6.45) is 4.54. The van der Waals surface area contributed by atoms with Gasteiger partial charge in [0.1, 0.15) is 6.10 Å². The van der Waals surface area contributed by atoms with Gasteiger partial charge in [0.15, 0.2) is 0 Å². The van der Waals surface area contributed by atoms with Crippen molar-refractivity contribution < 1.29 is 14.6 Å². The number of esters is 1. The van der Waals surface area contributed by atoms with Gasteiger partial charge in [-0.15, -0.1) is 0 Å². The van der Waals surface area contributed by atoms with E-state index >= 15 is 0 Å². The first-order valence-electron chi connectivity index (χ1n) is 11.1. The standard InChI is InChI=1S/C25H37NO3/c1-16-13-23-22(17(2)15-26-19(4)21-9-7-6-8-10-21)12-11-18(3)25(23,28)14-24(16)29-20(5)27/h6-10,13,17-19,22-24,26,28H,11-12,14-15H2,1-5H3/t17-,18-,19+,22+,23-,24-,25-/m1/s1. The molecule has 0 unspecified atom stereocenters. The Morgan fingerprint density at radius 2 is 1.97 bits per heavy atom. The molecule has 0 amide bonds. The van der Waals surface area contributed by atoms with E-state index in [0.717, 1.165) is 25.0 Å². The van der Waals surface area contributed by atoms with E-state index < -0.39 is 5.60 Å². The van der Waals surface area contributed by atoms with E-state index in [0.29, 0.717) is 24.3 Å². The number of fused-ring (bicyclic) bond motifs is 1. The average Bonchev–Trinajstić information content (AvgIpc) is 2.69. The number of hydrogen-bond acceptors (Lipinski definition) is 4. The van der Waals surface area contributed by atoms with Gasteiger partial charge in [0, 0.05) is 25.3 Å². The highest BCUT2D eigenvalue weighted by Gasteiger charge is 2.52. The second kappa shape index (κ2) is 9.01. The third-order valence-electron chi connectivity index (χ3n) is 7.37. The fourth-order valence-corrected chi connectivity index (χ4v) is 5.37. The van der Waals surface area contributed by atoms with Gasteiger partial charge >= 0.3 is 5.97 Å². The quantitative estimate of drug-likeness (QED) is 0.540. The first-order valence-corrected chi connectivity index (χ1v) is 11.1. The zero-order chi connectivity index (χ0) is 21.2. The van der Waals surface area contributed by atoms with Crippen LogP contribution in [0.5, 0.6) is 0 Å². The van der Waals surface area contributed by atoms with E-state index in [1.54, 1.807) is 0 Å². The van der Waals surface area contributed by atoms with Crippen LogP contribution in [0.2, 0.25) is 0 Å². The van der Waals surface area contributed by atoms with E-state index in [2.05, 4.69) is 56.4 Å². The van der Waals surface area contributed by atoms with E-state index in [-0.39, 0.29) is 23.9 Å². The molecule has 1 aromatic carbocycles. The number of ether oxygens (including phenoxy) is 1. The highest BCUT2D eigenvalue weighted by molar-refractivity contribution is 5.66. The average molecular weight is 400 g/mol. The second-order valence-electron chi connectivity index (χ2n) is 9.39. The van der Waals surface area contributed by atoms with Crippen LogP contribution in [0.3, 0.4) is 0 Å². The molecule has 1 saturated carbocycles. The molecular weight excluding hydrogens is 362 g/mol. The van der Waals surface area contributed by atoms with Crippen LogP contribution in [-0.4, -0.2) is 29.3 Å². The highest BCUT2D eigenvalue weighted by Crippen LogP contribution is 2.51. The van der Waals surface area contributed by atoms with Crippen molar-refractivity contribution in [3.63, 3.8) is 0 Å². The maximum Gasteiger partial charge on any atom is 0.303 e. The van der Waals surface area contributed by atoms with Gasteiger partial charge in [-0.25, -0.2) is 0 Å². The normalized spacial score (nSPS) is 33.9. The molecule has 2 N–H and O–H groups in total. The summed E-state index contributed by atoms with van der Waals surface area (Å²) in [5, 5.41) is 15.4. The van der Waals surface area contributed by atoms with Crippen LogP contribution >= 0.6 is 0 Å². The van der Waals surface area contributed by atoms with Gasteiger partial charge in [-0.2, -0.15) is 0 Å². The lowest BCUT2D eigenvalue weighted by Gasteiger charge is -2.53. The van der Waals surface area contributed by atoms with E-state index in [9.17, 15) is 9.90 Å². The number of carbonyl (C=O) groups is 1. The fourth-order valence-electron chi connectivity index (χ4n) is 5.37. The Hall–Kier alpha value is -1.65. The summed E-state index contributed by atoms with van der Waals surface area (Å²) in [5.74, 6) is 0.896. The van der Waals surface area contributed by atoms with Gasteiger partial charge in [0.05, 0.1) is 5.60 Å². The summed E-state index contributed by atoms with van der Waals surface area (Å²) in [4.78, 5) is 11.5. The molecule has 4 heteroatoms.